The molecule has 0 bridgehead atoms. The summed E-state index contributed by atoms with van der Waals surface area (Å²) in [4.78, 5) is 11.9. The summed E-state index contributed by atoms with van der Waals surface area (Å²) in [5.41, 5.74) is 5.57. The summed E-state index contributed by atoms with van der Waals surface area (Å²) in [6.45, 7) is 2.55. The van der Waals surface area contributed by atoms with E-state index in [9.17, 15) is 4.79 Å². The molecule has 0 aromatic carbocycles. The molecule has 1 aliphatic carbocycles. The van der Waals surface area contributed by atoms with Gasteiger partial charge in [0.1, 0.15) is 6.10 Å². The van der Waals surface area contributed by atoms with Gasteiger partial charge in [0, 0.05) is 6.54 Å². The van der Waals surface area contributed by atoms with Crippen LogP contribution >= 0.6 is 0 Å². The van der Waals surface area contributed by atoms with Crippen molar-refractivity contribution in [2.45, 2.75) is 56.8 Å². The summed E-state index contributed by atoms with van der Waals surface area (Å²) < 4.78 is 5.53. The van der Waals surface area contributed by atoms with Crippen molar-refractivity contribution in [1.29, 1.82) is 0 Å². The first-order valence-electron chi connectivity index (χ1n) is 5.83. The van der Waals surface area contributed by atoms with E-state index in [-0.39, 0.29) is 23.7 Å². The molecule has 1 saturated carbocycles. The first-order chi connectivity index (χ1) is 7.15. The average Bonchev–Trinajstić information content (AvgIpc) is 2.58. The normalized spacial score (nSPS) is 33.5. The average molecular weight is 212 g/mol. The molecule has 15 heavy (non-hydrogen) atoms. The van der Waals surface area contributed by atoms with E-state index in [0.717, 1.165) is 25.7 Å². The van der Waals surface area contributed by atoms with Crippen LogP contribution in [0.25, 0.3) is 0 Å². The number of amides is 1. The smallest absolute Gasteiger partial charge is 0.249 e. The molecule has 1 amide bonds. The van der Waals surface area contributed by atoms with Crippen LogP contribution in [0.4, 0.5) is 0 Å². The minimum atomic E-state index is -0.246. The lowest BCUT2D eigenvalue weighted by Crippen LogP contribution is -2.60. The van der Waals surface area contributed by atoms with Crippen molar-refractivity contribution in [2.24, 2.45) is 5.73 Å². The molecule has 1 aliphatic heterocycles. The van der Waals surface area contributed by atoms with Crippen LogP contribution in [0.3, 0.4) is 0 Å². The van der Waals surface area contributed by atoms with Gasteiger partial charge in [-0.2, -0.15) is 0 Å². The zero-order chi connectivity index (χ0) is 10.9. The fourth-order valence-electron chi connectivity index (χ4n) is 2.32. The molecule has 2 atom stereocenters. The molecular weight excluding hydrogens is 192 g/mol. The number of carbonyl (C=O) groups is 1. The quantitative estimate of drug-likeness (QED) is 0.718. The van der Waals surface area contributed by atoms with E-state index in [0.29, 0.717) is 6.54 Å². The van der Waals surface area contributed by atoms with Crippen molar-refractivity contribution in [3.05, 3.63) is 0 Å². The largest absolute Gasteiger partial charge is 0.365 e. The predicted octanol–water partition coefficient (Wildman–Crippen LogP) is 0.551. The SMILES string of the molecule is CC1CCC(C(=O)NC2(CN)CCC2)O1. The maximum absolute atomic E-state index is 11.9. The first-order valence-corrected chi connectivity index (χ1v) is 5.83. The number of hydrogen-bond acceptors (Lipinski definition) is 3. The summed E-state index contributed by atoms with van der Waals surface area (Å²) in [6.07, 6.45) is 4.98. The second-order valence-electron chi connectivity index (χ2n) is 4.84. The molecule has 0 radical (unpaired) electrons. The van der Waals surface area contributed by atoms with Crippen LogP contribution in [0.1, 0.15) is 39.0 Å². The van der Waals surface area contributed by atoms with Gasteiger partial charge in [0.05, 0.1) is 11.6 Å². The summed E-state index contributed by atoms with van der Waals surface area (Å²) in [6, 6.07) is 0. The molecule has 4 heteroatoms. The Balaban J connectivity index is 1.86. The zero-order valence-corrected chi connectivity index (χ0v) is 9.29. The maximum atomic E-state index is 11.9. The van der Waals surface area contributed by atoms with Gasteiger partial charge in [-0.1, -0.05) is 0 Å². The number of carbonyl (C=O) groups excluding carboxylic acids is 1. The highest BCUT2D eigenvalue weighted by Crippen LogP contribution is 2.31. The zero-order valence-electron chi connectivity index (χ0n) is 9.29. The van der Waals surface area contributed by atoms with Gasteiger partial charge in [0.25, 0.3) is 0 Å². The monoisotopic (exact) mass is 212 g/mol. The Bertz CT molecular complexity index is 245. The van der Waals surface area contributed by atoms with Gasteiger partial charge in [-0.05, 0) is 39.0 Å². The van der Waals surface area contributed by atoms with Crippen LogP contribution in [0.15, 0.2) is 0 Å². The topological polar surface area (TPSA) is 64.4 Å². The molecule has 3 N–H and O–H groups in total. The van der Waals surface area contributed by atoms with Crippen molar-refractivity contribution in [3.8, 4) is 0 Å². The third-order valence-corrected chi connectivity index (χ3v) is 3.61. The minimum Gasteiger partial charge on any atom is -0.365 e. The van der Waals surface area contributed by atoms with Crippen LogP contribution in [0.2, 0.25) is 0 Å². The van der Waals surface area contributed by atoms with Gasteiger partial charge in [0.15, 0.2) is 0 Å². The van der Waals surface area contributed by atoms with Crippen LogP contribution in [0, 0.1) is 0 Å². The molecule has 2 unspecified atom stereocenters. The van der Waals surface area contributed by atoms with E-state index in [2.05, 4.69) is 5.32 Å². The lowest BCUT2D eigenvalue weighted by atomic mass is 9.76. The number of nitrogens with two attached hydrogens (primary N) is 1. The third kappa shape index (κ3) is 2.16. The molecule has 2 fully saturated rings. The molecule has 0 spiro atoms. The standard InChI is InChI=1S/C11H20N2O2/c1-8-3-4-9(15-8)10(14)13-11(7-12)5-2-6-11/h8-9H,2-7,12H2,1H3,(H,13,14). The molecule has 86 valence electrons. The molecule has 4 nitrogen and oxygen atoms in total. The lowest BCUT2D eigenvalue weighted by Gasteiger charge is -2.42. The van der Waals surface area contributed by atoms with Gasteiger partial charge >= 0.3 is 0 Å². The van der Waals surface area contributed by atoms with Crippen LogP contribution in [-0.4, -0.2) is 30.2 Å². The second kappa shape index (κ2) is 4.10. The number of ether oxygens (including phenoxy) is 1. The molecule has 2 rings (SSSR count). The van der Waals surface area contributed by atoms with Gasteiger partial charge in [0.2, 0.25) is 5.91 Å². The van der Waals surface area contributed by atoms with Gasteiger partial charge < -0.3 is 15.8 Å². The van der Waals surface area contributed by atoms with Crippen molar-refractivity contribution in [1.82, 2.24) is 5.32 Å². The van der Waals surface area contributed by atoms with Crippen molar-refractivity contribution in [2.75, 3.05) is 6.54 Å². The Labute approximate surface area is 90.5 Å². The lowest BCUT2D eigenvalue weighted by molar-refractivity contribution is -0.134. The fraction of sp³-hybridized carbons (Fsp3) is 0.909. The highest BCUT2D eigenvalue weighted by Gasteiger charge is 2.39. The Morgan fingerprint density at radius 3 is 2.67 bits per heavy atom. The van der Waals surface area contributed by atoms with E-state index < -0.39 is 0 Å². The second-order valence-corrected chi connectivity index (χ2v) is 4.84. The van der Waals surface area contributed by atoms with Crippen molar-refractivity contribution >= 4 is 5.91 Å². The van der Waals surface area contributed by atoms with Crippen LogP contribution < -0.4 is 11.1 Å². The Kier molecular flexibility index (Phi) is 2.98. The summed E-state index contributed by atoms with van der Waals surface area (Å²) in [7, 11) is 0. The molecule has 0 aromatic rings. The number of rotatable bonds is 3. The molecule has 1 saturated heterocycles. The van der Waals surface area contributed by atoms with E-state index in [1.54, 1.807) is 0 Å². The van der Waals surface area contributed by atoms with E-state index in [1.165, 1.54) is 6.42 Å². The molecule has 0 aromatic heterocycles. The minimum absolute atomic E-state index is 0.0319. The Morgan fingerprint density at radius 1 is 1.53 bits per heavy atom. The summed E-state index contributed by atoms with van der Waals surface area (Å²) in [5, 5.41) is 3.05. The molecular formula is C11H20N2O2. The molecule has 2 aliphatic rings. The highest BCUT2D eigenvalue weighted by atomic mass is 16.5. The van der Waals surface area contributed by atoms with Gasteiger partial charge in [-0.3, -0.25) is 4.79 Å². The predicted molar refractivity (Wildman–Crippen MR) is 57.3 cm³/mol. The van der Waals surface area contributed by atoms with Crippen LogP contribution in [-0.2, 0) is 9.53 Å². The van der Waals surface area contributed by atoms with Gasteiger partial charge in [-0.15, -0.1) is 0 Å². The van der Waals surface area contributed by atoms with E-state index in [4.69, 9.17) is 10.5 Å². The fourth-order valence-corrected chi connectivity index (χ4v) is 2.32. The maximum Gasteiger partial charge on any atom is 0.249 e. The summed E-state index contributed by atoms with van der Waals surface area (Å²) >= 11 is 0. The Hall–Kier alpha value is -0.610. The Morgan fingerprint density at radius 2 is 2.27 bits per heavy atom. The van der Waals surface area contributed by atoms with Gasteiger partial charge in [-0.25, -0.2) is 0 Å². The highest BCUT2D eigenvalue weighted by molar-refractivity contribution is 5.82. The van der Waals surface area contributed by atoms with Crippen molar-refractivity contribution < 1.29 is 9.53 Å². The number of hydrogen-bond donors (Lipinski definition) is 2. The summed E-state index contributed by atoms with van der Waals surface area (Å²) in [5.74, 6) is 0.0319. The van der Waals surface area contributed by atoms with Crippen molar-refractivity contribution in [3.63, 3.8) is 0 Å². The molecule has 1 heterocycles. The van der Waals surface area contributed by atoms with E-state index >= 15 is 0 Å². The van der Waals surface area contributed by atoms with E-state index in [1.807, 2.05) is 6.92 Å². The first kappa shape index (κ1) is 10.9. The van der Waals surface area contributed by atoms with Crippen LogP contribution in [0.5, 0.6) is 0 Å². The third-order valence-electron chi connectivity index (χ3n) is 3.61. The number of nitrogens with one attached hydrogen (secondary N) is 1.